The number of aromatic nitrogens is 7. The summed E-state index contributed by atoms with van der Waals surface area (Å²) in [6.45, 7) is 1.26. The van der Waals surface area contributed by atoms with Crippen molar-refractivity contribution in [3.05, 3.63) is 82.4 Å². The molecule has 0 amide bonds. The van der Waals surface area contributed by atoms with E-state index in [1.54, 1.807) is 24.4 Å². The fourth-order valence-corrected chi connectivity index (χ4v) is 3.95. The second kappa shape index (κ2) is 8.74. The minimum absolute atomic E-state index is 0.0984. The standard InChI is InChI=1S/C25H22F3N7O/c1-14(2)20-17(5-4-10-29-20)21-30-11-18-23(33-21)35(24(36)31-18)12-15-6-8-16(9-7-15)22-32-19(13-34(22)3)25(26,27)28/h4-11,13-14H,12H2,1-3H3,(H,31,36)/i3D3. The maximum absolute atomic E-state index is 13.2. The van der Waals surface area contributed by atoms with Crippen LogP contribution in [0.15, 0.2) is 59.8 Å². The Balaban J connectivity index is 1.50. The van der Waals surface area contributed by atoms with E-state index in [4.69, 9.17) is 4.11 Å². The van der Waals surface area contributed by atoms with Crippen LogP contribution in [-0.2, 0) is 19.7 Å². The fourth-order valence-electron chi connectivity index (χ4n) is 3.95. The average Bonchev–Trinajstić information content (AvgIpc) is 3.46. The summed E-state index contributed by atoms with van der Waals surface area (Å²) >= 11 is 0. The van der Waals surface area contributed by atoms with Crippen LogP contribution in [0.3, 0.4) is 0 Å². The van der Waals surface area contributed by atoms with Gasteiger partial charge in [0.25, 0.3) is 0 Å². The van der Waals surface area contributed by atoms with Crippen molar-refractivity contribution in [1.82, 2.24) is 34.1 Å². The van der Waals surface area contributed by atoms with E-state index in [1.807, 2.05) is 19.9 Å². The first-order valence-electron chi connectivity index (χ1n) is 12.5. The highest BCUT2D eigenvalue weighted by Crippen LogP contribution is 2.31. The topological polar surface area (TPSA) is 94.3 Å². The van der Waals surface area contributed by atoms with Gasteiger partial charge in [-0.15, -0.1) is 0 Å². The van der Waals surface area contributed by atoms with Crippen molar-refractivity contribution in [2.75, 3.05) is 0 Å². The predicted octanol–water partition coefficient (Wildman–Crippen LogP) is 4.77. The van der Waals surface area contributed by atoms with Gasteiger partial charge in [-0.25, -0.2) is 19.7 Å². The van der Waals surface area contributed by atoms with E-state index in [0.29, 0.717) is 33.3 Å². The van der Waals surface area contributed by atoms with Crippen LogP contribution in [0.5, 0.6) is 0 Å². The molecule has 0 atom stereocenters. The number of halogens is 3. The maximum Gasteiger partial charge on any atom is 0.434 e. The lowest BCUT2D eigenvalue weighted by molar-refractivity contribution is -0.140. The summed E-state index contributed by atoms with van der Waals surface area (Å²) < 4.78 is 64.4. The quantitative estimate of drug-likeness (QED) is 0.378. The van der Waals surface area contributed by atoms with Crippen molar-refractivity contribution in [1.29, 1.82) is 0 Å². The summed E-state index contributed by atoms with van der Waals surface area (Å²) in [6.07, 6.45) is -1.09. The van der Waals surface area contributed by atoms with Crippen molar-refractivity contribution in [2.45, 2.75) is 32.5 Å². The lowest BCUT2D eigenvalue weighted by atomic mass is 10.0. The Hall–Kier alpha value is -4.28. The Morgan fingerprint density at radius 3 is 2.58 bits per heavy atom. The molecule has 4 heterocycles. The number of pyridine rings is 1. The molecule has 5 aromatic rings. The zero-order valence-corrected chi connectivity index (χ0v) is 19.2. The van der Waals surface area contributed by atoms with Crippen molar-refractivity contribution in [2.24, 2.45) is 6.98 Å². The number of imidazole rings is 2. The van der Waals surface area contributed by atoms with Gasteiger partial charge >= 0.3 is 11.9 Å². The number of nitrogens with one attached hydrogen (secondary N) is 1. The molecule has 0 saturated heterocycles. The smallest absolute Gasteiger partial charge is 0.333 e. The van der Waals surface area contributed by atoms with Gasteiger partial charge in [0.2, 0.25) is 0 Å². The summed E-state index contributed by atoms with van der Waals surface area (Å²) in [5.41, 5.74) is 1.49. The third-order valence-corrected chi connectivity index (χ3v) is 5.69. The van der Waals surface area contributed by atoms with Gasteiger partial charge in [0, 0.05) is 34.6 Å². The molecule has 0 unspecified atom stereocenters. The number of nitrogens with zero attached hydrogens (tertiary/aromatic N) is 6. The fraction of sp³-hybridized carbons (Fsp3) is 0.240. The van der Waals surface area contributed by atoms with E-state index < -0.39 is 24.5 Å². The van der Waals surface area contributed by atoms with E-state index in [0.717, 1.165) is 11.3 Å². The molecule has 0 aliphatic heterocycles. The second-order valence-electron chi connectivity index (χ2n) is 8.55. The molecule has 5 rings (SSSR count). The van der Waals surface area contributed by atoms with Crippen molar-refractivity contribution < 1.29 is 17.3 Å². The van der Waals surface area contributed by atoms with Gasteiger partial charge in [-0.2, -0.15) is 13.2 Å². The minimum atomic E-state index is -4.80. The van der Waals surface area contributed by atoms with Crippen molar-refractivity contribution in [3.63, 3.8) is 0 Å². The van der Waals surface area contributed by atoms with Crippen molar-refractivity contribution >= 4 is 11.2 Å². The number of alkyl halides is 3. The molecule has 0 saturated carbocycles. The van der Waals surface area contributed by atoms with E-state index in [9.17, 15) is 18.0 Å². The SMILES string of the molecule is [2H]C([2H])([2H])n1cc(C(F)(F)F)nc1-c1ccc(Cn2c(=O)[nH]c3cnc(-c4cccnc4C(C)C)nc32)cc1. The number of hydrogen-bond donors (Lipinski definition) is 1. The summed E-state index contributed by atoms with van der Waals surface area (Å²) in [4.78, 5) is 32.5. The van der Waals surface area contributed by atoms with Crippen LogP contribution in [0.4, 0.5) is 13.2 Å². The van der Waals surface area contributed by atoms with Gasteiger partial charge in [-0.3, -0.25) is 9.55 Å². The summed E-state index contributed by atoms with van der Waals surface area (Å²) in [5.74, 6) is 0.202. The Bertz CT molecular complexity index is 1720. The highest BCUT2D eigenvalue weighted by molar-refractivity contribution is 5.73. The third kappa shape index (κ3) is 4.28. The predicted molar refractivity (Wildman–Crippen MR) is 128 cm³/mol. The molecule has 1 N–H and O–H groups in total. The van der Waals surface area contributed by atoms with Gasteiger partial charge < -0.3 is 9.55 Å². The molecule has 0 aliphatic carbocycles. The first kappa shape index (κ1) is 20.0. The zero-order valence-electron chi connectivity index (χ0n) is 22.2. The number of benzene rings is 1. The highest BCUT2D eigenvalue weighted by atomic mass is 19.4. The van der Waals surface area contributed by atoms with E-state index in [2.05, 4.69) is 24.9 Å². The molecule has 11 heteroatoms. The molecule has 184 valence electrons. The van der Waals surface area contributed by atoms with Gasteiger partial charge in [-0.05, 0) is 23.6 Å². The summed E-state index contributed by atoms with van der Waals surface area (Å²) in [7, 11) is 0. The molecule has 36 heavy (non-hydrogen) atoms. The van der Waals surface area contributed by atoms with E-state index >= 15 is 0 Å². The first-order chi connectivity index (χ1) is 18.3. The molecule has 0 bridgehead atoms. The van der Waals surface area contributed by atoms with Gasteiger partial charge in [0.15, 0.2) is 17.2 Å². The molecule has 0 radical (unpaired) electrons. The van der Waals surface area contributed by atoms with Crippen LogP contribution in [-0.4, -0.2) is 34.1 Å². The van der Waals surface area contributed by atoms with Crippen molar-refractivity contribution in [3.8, 4) is 22.8 Å². The number of rotatable bonds is 5. The summed E-state index contributed by atoms with van der Waals surface area (Å²) in [5, 5.41) is 0. The number of aromatic amines is 1. The lowest BCUT2D eigenvalue weighted by Gasteiger charge is -2.10. The number of H-pyrrole nitrogens is 1. The molecule has 8 nitrogen and oxygen atoms in total. The minimum Gasteiger partial charge on any atom is -0.333 e. The maximum atomic E-state index is 13.2. The van der Waals surface area contributed by atoms with Crippen LogP contribution in [0.1, 0.15) is 40.8 Å². The Labute approximate surface area is 207 Å². The normalized spacial score (nSPS) is 13.7. The molecule has 0 spiro atoms. The monoisotopic (exact) mass is 496 g/mol. The molecule has 0 fully saturated rings. The van der Waals surface area contributed by atoms with E-state index in [1.165, 1.54) is 22.9 Å². The van der Waals surface area contributed by atoms with Gasteiger partial charge in [-0.1, -0.05) is 38.1 Å². The Kier molecular flexibility index (Phi) is 4.85. The van der Waals surface area contributed by atoms with Crippen LogP contribution >= 0.6 is 0 Å². The Morgan fingerprint density at radius 2 is 1.89 bits per heavy atom. The van der Waals surface area contributed by atoms with E-state index in [-0.39, 0.29) is 23.9 Å². The number of fused-ring (bicyclic) bond motifs is 1. The molecular weight excluding hydrogens is 471 g/mol. The van der Waals surface area contributed by atoms with Gasteiger partial charge in [0.05, 0.1) is 18.4 Å². The number of aryl methyl sites for hydroxylation is 1. The highest BCUT2D eigenvalue weighted by Gasteiger charge is 2.34. The zero-order chi connectivity index (χ0) is 28.1. The third-order valence-electron chi connectivity index (χ3n) is 5.69. The van der Waals surface area contributed by atoms with Crippen LogP contribution in [0.2, 0.25) is 0 Å². The Morgan fingerprint density at radius 1 is 1.11 bits per heavy atom. The molecule has 0 aliphatic rings. The number of hydrogen-bond acceptors (Lipinski definition) is 5. The summed E-state index contributed by atoms with van der Waals surface area (Å²) in [6, 6.07) is 9.76. The molecule has 4 aromatic heterocycles. The molecular formula is C25H22F3N7O. The van der Waals surface area contributed by atoms with Crippen LogP contribution in [0, 0.1) is 0 Å². The van der Waals surface area contributed by atoms with Crippen LogP contribution in [0.25, 0.3) is 33.9 Å². The first-order valence-corrected chi connectivity index (χ1v) is 11.0. The van der Waals surface area contributed by atoms with Crippen LogP contribution < -0.4 is 5.69 Å². The van der Waals surface area contributed by atoms with Gasteiger partial charge in [0.1, 0.15) is 11.3 Å². The largest absolute Gasteiger partial charge is 0.434 e. The second-order valence-corrected chi connectivity index (χ2v) is 8.55. The lowest BCUT2D eigenvalue weighted by Crippen LogP contribution is -2.17. The average molecular weight is 497 g/mol. The molecule has 1 aromatic carbocycles.